The van der Waals surface area contributed by atoms with E-state index in [2.05, 4.69) is 4.98 Å². The molecule has 0 aliphatic heterocycles. The number of carboxylic acid groups (broad SMARTS) is 1. The van der Waals surface area contributed by atoms with E-state index in [9.17, 15) is 4.79 Å². The standard InChI is InChI=1S/C19H16N2O3S/c1-21(12-18(22)23)19(25)15-11-17(24-13-7-3-2-4-8-13)20-16-10-6-5-9-14(15)16/h2-11H,12H2,1H3,(H,22,23). The van der Waals surface area contributed by atoms with Crippen LogP contribution < -0.4 is 4.74 Å². The lowest BCUT2D eigenvalue weighted by molar-refractivity contribution is -0.137. The fourth-order valence-corrected chi connectivity index (χ4v) is 2.70. The van der Waals surface area contributed by atoms with E-state index in [1.807, 2.05) is 54.6 Å². The molecule has 1 aromatic heterocycles. The Kier molecular flexibility index (Phi) is 4.90. The summed E-state index contributed by atoms with van der Waals surface area (Å²) in [4.78, 5) is 17.4. The minimum atomic E-state index is -0.941. The van der Waals surface area contributed by atoms with Crippen molar-refractivity contribution in [1.82, 2.24) is 9.88 Å². The molecule has 3 rings (SSSR count). The largest absolute Gasteiger partial charge is 0.480 e. The summed E-state index contributed by atoms with van der Waals surface area (Å²) in [7, 11) is 1.66. The third kappa shape index (κ3) is 3.92. The van der Waals surface area contributed by atoms with E-state index >= 15 is 0 Å². The number of benzene rings is 2. The summed E-state index contributed by atoms with van der Waals surface area (Å²) in [6.45, 7) is -0.176. The molecule has 5 nitrogen and oxygen atoms in total. The lowest BCUT2D eigenvalue weighted by Crippen LogP contribution is -2.31. The van der Waals surface area contributed by atoms with Crippen LogP contribution in [0, 0.1) is 0 Å². The molecule has 0 amide bonds. The number of ether oxygens (including phenoxy) is 1. The predicted octanol–water partition coefficient (Wildman–Crippen LogP) is 3.72. The normalized spacial score (nSPS) is 10.4. The zero-order valence-corrected chi connectivity index (χ0v) is 14.4. The molecule has 0 bridgehead atoms. The Labute approximate surface area is 150 Å². The van der Waals surface area contributed by atoms with E-state index in [0.29, 0.717) is 16.6 Å². The Morgan fingerprint density at radius 3 is 2.56 bits per heavy atom. The van der Waals surface area contributed by atoms with Crippen LogP contribution >= 0.6 is 12.2 Å². The summed E-state index contributed by atoms with van der Waals surface area (Å²) in [5.74, 6) is 0.135. The van der Waals surface area contributed by atoms with Crippen molar-refractivity contribution in [1.29, 1.82) is 0 Å². The van der Waals surface area contributed by atoms with Crippen molar-refractivity contribution in [2.45, 2.75) is 0 Å². The van der Waals surface area contributed by atoms with E-state index < -0.39 is 5.97 Å². The summed E-state index contributed by atoms with van der Waals surface area (Å²) in [6.07, 6.45) is 0. The first-order chi connectivity index (χ1) is 12.0. The maximum atomic E-state index is 11.0. The van der Waals surface area contributed by atoms with Gasteiger partial charge >= 0.3 is 5.97 Å². The van der Waals surface area contributed by atoms with Crippen LogP contribution in [0.2, 0.25) is 0 Å². The Hall–Kier alpha value is -2.99. The molecule has 2 aromatic carbocycles. The highest BCUT2D eigenvalue weighted by atomic mass is 32.1. The number of rotatable bonds is 5. The summed E-state index contributed by atoms with van der Waals surface area (Å²) in [5.41, 5.74) is 1.45. The first kappa shape index (κ1) is 16.9. The molecule has 0 fully saturated rings. The number of pyridine rings is 1. The second-order valence-corrected chi connectivity index (χ2v) is 5.88. The smallest absolute Gasteiger partial charge is 0.323 e. The lowest BCUT2D eigenvalue weighted by Gasteiger charge is -2.19. The minimum absolute atomic E-state index is 0.176. The highest BCUT2D eigenvalue weighted by Crippen LogP contribution is 2.26. The number of hydrogen-bond donors (Lipinski definition) is 1. The minimum Gasteiger partial charge on any atom is -0.480 e. The number of nitrogens with zero attached hydrogens (tertiary/aromatic N) is 2. The molecule has 0 spiro atoms. The highest BCUT2D eigenvalue weighted by Gasteiger charge is 2.16. The number of carboxylic acids is 1. The third-order valence-corrected chi connectivity index (χ3v) is 4.14. The molecule has 0 radical (unpaired) electrons. The zero-order chi connectivity index (χ0) is 17.8. The maximum Gasteiger partial charge on any atom is 0.323 e. The van der Waals surface area contributed by atoms with Crippen LogP contribution in [-0.4, -0.2) is 39.5 Å². The first-order valence-electron chi connectivity index (χ1n) is 7.64. The van der Waals surface area contributed by atoms with Gasteiger partial charge in [0.25, 0.3) is 0 Å². The zero-order valence-electron chi connectivity index (χ0n) is 13.5. The Morgan fingerprint density at radius 1 is 1.16 bits per heavy atom. The molecular weight excluding hydrogens is 336 g/mol. The lowest BCUT2D eigenvalue weighted by atomic mass is 10.1. The molecule has 1 heterocycles. The topological polar surface area (TPSA) is 62.7 Å². The maximum absolute atomic E-state index is 11.0. The molecule has 6 heteroatoms. The summed E-state index contributed by atoms with van der Waals surface area (Å²) < 4.78 is 5.83. The fraction of sp³-hybridized carbons (Fsp3) is 0.105. The van der Waals surface area contributed by atoms with Gasteiger partial charge in [-0.05, 0) is 18.2 Å². The average Bonchev–Trinajstić information content (AvgIpc) is 2.60. The molecular formula is C19H16N2O3S. The molecule has 0 aliphatic rings. The Bertz CT molecular complexity index is 928. The van der Waals surface area contributed by atoms with Crippen LogP contribution in [0.25, 0.3) is 10.9 Å². The monoisotopic (exact) mass is 352 g/mol. The van der Waals surface area contributed by atoms with Crippen LogP contribution in [0.3, 0.4) is 0 Å². The molecule has 1 N–H and O–H groups in total. The van der Waals surface area contributed by atoms with Gasteiger partial charge in [-0.15, -0.1) is 0 Å². The molecule has 0 unspecified atom stereocenters. The van der Waals surface area contributed by atoms with Gasteiger partial charge in [0.15, 0.2) is 0 Å². The van der Waals surface area contributed by atoms with Crippen LogP contribution in [0.5, 0.6) is 11.6 Å². The Balaban J connectivity index is 2.03. The predicted molar refractivity (Wildman–Crippen MR) is 100 cm³/mol. The van der Waals surface area contributed by atoms with Gasteiger partial charge in [-0.1, -0.05) is 48.6 Å². The van der Waals surface area contributed by atoms with Gasteiger partial charge in [-0.3, -0.25) is 4.79 Å². The second-order valence-electron chi connectivity index (χ2n) is 5.50. The van der Waals surface area contributed by atoms with Crippen molar-refractivity contribution in [3.8, 4) is 11.6 Å². The van der Waals surface area contributed by atoms with E-state index in [1.54, 1.807) is 13.1 Å². The fourth-order valence-electron chi connectivity index (χ4n) is 2.47. The average molecular weight is 352 g/mol. The van der Waals surface area contributed by atoms with E-state index in [1.165, 1.54) is 4.90 Å². The number of carbonyl (C=O) groups is 1. The van der Waals surface area contributed by atoms with Crippen molar-refractivity contribution >= 4 is 34.1 Å². The van der Waals surface area contributed by atoms with E-state index in [4.69, 9.17) is 22.1 Å². The van der Waals surface area contributed by atoms with Gasteiger partial charge in [0.05, 0.1) is 5.52 Å². The summed E-state index contributed by atoms with van der Waals surface area (Å²) in [5, 5.41) is 9.86. The third-order valence-electron chi connectivity index (χ3n) is 3.61. The molecule has 0 saturated carbocycles. The molecule has 0 aliphatic carbocycles. The van der Waals surface area contributed by atoms with Crippen molar-refractivity contribution in [2.24, 2.45) is 0 Å². The van der Waals surface area contributed by atoms with Crippen molar-refractivity contribution in [3.05, 3.63) is 66.2 Å². The number of likely N-dealkylation sites (N-methyl/N-ethyl adjacent to an activating group) is 1. The van der Waals surface area contributed by atoms with E-state index in [0.717, 1.165) is 16.5 Å². The van der Waals surface area contributed by atoms with Gasteiger partial charge in [-0.2, -0.15) is 0 Å². The number of hydrogen-bond acceptors (Lipinski definition) is 4. The van der Waals surface area contributed by atoms with Crippen molar-refractivity contribution < 1.29 is 14.6 Å². The van der Waals surface area contributed by atoms with Gasteiger partial charge in [0.2, 0.25) is 5.88 Å². The summed E-state index contributed by atoms with van der Waals surface area (Å²) >= 11 is 5.49. The second kappa shape index (κ2) is 7.27. The number of para-hydroxylation sites is 2. The van der Waals surface area contributed by atoms with Crippen molar-refractivity contribution in [2.75, 3.05) is 13.6 Å². The number of aliphatic carboxylic acids is 1. The van der Waals surface area contributed by atoms with Gasteiger partial charge < -0.3 is 14.7 Å². The van der Waals surface area contributed by atoms with Gasteiger partial charge in [0, 0.05) is 24.1 Å². The molecule has 0 atom stereocenters. The van der Waals surface area contributed by atoms with Gasteiger partial charge in [0.1, 0.15) is 17.3 Å². The molecule has 25 heavy (non-hydrogen) atoms. The quantitative estimate of drug-likeness (QED) is 0.706. The molecule has 0 saturated heterocycles. The van der Waals surface area contributed by atoms with Crippen LogP contribution in [0.1, 0.15) is 5.56 Å². The molecule has 3 aromatic rings. The first-order valence-corrected chi connectivity index (χ1v) is 8.05. The summed E-state index contributed by atoms with van der Waals surface area (Å²) in [6, 6.07) is 18.6. The van der Waals surface area contributed by atoms with E-state index in [-0.39, 0.29) is 6.54 Å². The SMILES string of the molecule is CN(CC(=O)O)C(=S)c1cc(Oc2ccccc2)nc2ccccc12. The van der Waals surface area contributed by atoms with Crippen LogP contribution in [-0.2, 0) is 4.79 Å². The number of thiocarbonyl (C=S) groups is 1. The number of aromatic nitrogens is 1. The van der Waals surface area contributed by atoms with Gasteiger partial charge in [-0.25, -0.2) is 4.98 Å². The Morgan fingerprint density at radius 2 is 1.84 bits per heavy atom. The van der Waals surface area contributed by atoms with Crippen LogP contribution in [0.15, 0.2) is 60.7 Å². The highest BCUT2D eigenvalue weighted by molar-refractivity contribution is 7.80. The molecule has 126 valence electrons. The number of fused-ring (bicyclic) bond motifs is 1. The van der Waals surface area contributed by atoms with Crippen molar-refractivity contribution in [3.63, 3.8) is 0 Å². The van der Waals surface area contributed by atoms with Crippen LogP contribution in [0.4, 0.5) is 0 Å².